The average Bonchev–Trinajstić information content (AvgIpc) is 2.40. The van der Waals surface area contributed by atoms with E-state index in [1.807, 2.05) is 0 Å². The number of hydrogen-bond donors (Lipinski definition) is 2. The molecule has 0 radical (unpaired) electrons. The maximum absolute atomic E-state index is 12.9. The molecule has 4 nitrogen and oxygen atoms in total. The van der Waals surface area contributed by atoms with E-state index < -0.39 is 23.5 Å². The van der Waals surface area contributed by atoms with Crippen LogP contribution in [0, 0.1) is 0 Å². The highest BCUT2D eigenvalue weighted by Gasteiger charge is 2.34. The van der Waals surface area contributed by atoms with E-state index in [1.165, 1.54) is 30.3 Å². The summed E-state index contributed by atoms with van der Waals surface area (Å²) in [6.07, 6.45) is -4.59. The molecule has 0 aliphatic carbocycles. The summed E-state index contributed by atoms with van der Waals surface area (Å²) in [6.45, 7) is 0. The molecule has 2 rings (SSSR count). The highest BCUT2D eigenvalue weighted by molar-refractivity contribution is 5.95. The van der Waals surface area contributed by atoms with Gasteiger partial charge in [-0.1, -0.05) is 18.2 Å². The molecule has 0 amide bonds. The number of nitrogen functional groups attached to an aromatic ring is 1. The average molecular weight is 297 g/mol. The van der Waals surface area contributed by atoms with Crippen LogP contribution in [0.1, 0.15) is 15.9 Å². The van der Waals surface area contributed by atoms with E-state index in [-0.39, 0.29) is 17.0 Å². The molecule has 0 aliphatic heterocycles. The summed E-state index contributed by atoms with van der Waals surface area (Å²) in [4.78, 5) is 10.9. The molecule has 0 bridgehead atoms. The predicted octanol–water partition coefficient (Wildman–Crippen LogP) is 3.78. The Bertz CT molecular complexity index is 683. The largest absolute Gasteiger partial charge is 0.478 e. The third kappa shape index (κ3) is 3.07. The van der Waals surface area contributed by atoms with Crippen LogP contribution in [0.2, 0.25) is 0 Å². The van der Waals surface area contributed by atoms with Gasteiger partial charge in [-0.15, -0.1) is 0 Å². The molecule has 110 valence electrons. The minimum atomic E-state index is -4.59. The van der Waals surface area contributed by atoms with Crippen molar-refractivity contribution in [3.8, 4) is 11.5 Å². The van der Waals surface area contributed by atoms with E-state index in [2.05, 4.69) is 0 Å². The van der Waals surface area contributed by atoms with Crippen LogP contribution >= 0.6 is 0 Å². The second kappa shape index (κ2) is 5.35. The summed E-state index contributed by atoms with van der Waals surface area (Å²) >= 11 is 0. The fourth-order valence-electron chi connectivity index (χ4n) is 1.73. The molecule has 0 unspecified atom stereocenters. The SMILES string of the molecule is Nc1c(Oc2ccccc2C(F)(F)F)cccc1C(=O)O. The van der Waals surface area contributed by atoms with Gasteiger partial charge in [0.1, 0.15) is 5.75 Å². The number of benzene rings is 2. The minimum Gasteiger partial charge on any atom is -0.478 e. The Morgan fingerprint density at radius 3 is 2.29 bits per heavy atom. The standard InChI is InChI=1S/C14H10F3NO3/c15-14(16,17)9-5-1-2-6-10(9)21-11-7-3-4-8(12(11)18)13(19)20/h1-7H,18H2,(H,19,20). The molecule has 0 aromatic heterocycles. The van der Waals surface area contributed by atoms with Crippen LogP contribution in [-0.4, -0.2) is 11.1 Å². The molecule has 0 aliphatic rings. The van der Waals surface area contributed by atoms with Crippen molar-refractivity contribution in [1.82, 2.24) is 0 Å². The van der Waals surface area contributed by atoms with Gasteiger partial charge in [0, 0.05) is 0 Å². The minimum absolute atomic E-state index is 0.147. The number of carboxylic acid groups (broad SMARTS) is 1. The van der Waals surface area contributed by atoms with Gasteiger partial charge in [0.15, 0.2) is 5.75 Å². The van der Waals surface area contributed by atoms with Crippen molar-refractivity contribution in [2.75, 3.05) is 5.73 Å². The lowest BCUT2D eigenvalue weighted by molar-refractivity contribution is -0.138. The quantitative estimate of drug-likeness (QED) is 0.846. The first-order valence-electron chi connectivity index (χ1n) is 5.76. The van der Waals surface area contributed by atoms with Crippen LogP contribution in [0.15, 0.2) is 42.5 Å². The highest BCUT2D eigenvalue weighted by atomic mass is 19.4. The van der Waals surface area contributed by atoms with Gasteiger partial charge in [0.2, 0.25) is 0 Å². The third-order valence-electron chi connectivity index (χ3n) is 2.71. The molecular formula is C14H10F3NO3. The molecular weight excluding hydrogens is 287 g/mol. The molecule has 2 aromatic carbocycles. The molecule has 7 heteroatoms. The van der Waals surface area contributed by atoms with Crippen LogP contribution in [-0.2, 0) is 6.18 Å². The Kier molecular flexibility index (Phi) is 3.75. The van der Waals surface area contributed by atoms with Gasteiger partial charge < -0.3 is 15.6 Å². The lowest BCUT2D eigenvalue weighted by Gasteiger charge is -2.15. The monoisotopic (exact) mass is 297 g/mol. The first kappa shape index (κ1) is 14.7. The lowest BCUT2D eigenvalue weighted by atomic mass is 10.1. The summed E-state index contributed by atoms with van der Waals surface area (Å²) < 4.78 is 43.7. The van der Waals surface area contributed by atoms with Gasteiger partial charge in [-0.05, 0) is 24.3 Å². The summed E-state index contributed by atoms with van der Waals surface area (Å²) in [5.74, 6) is -1.88. The lowest BCUT2D eigenvalue weighted by Crippen LogP contribution is -2.08. The zero-order valence-electron chi connectivity index (χ0n) is 10.5. The molecule has 0 atom stereocenters. The fourth-order valence-corrected chi connectivity index (χ4v) is 1.73. The van der Waals surface area contributed by atoms with Gasteiger partial charge in [0.05, 0.1) is 16.8 Å². The second-order valence-electron chi connectivity index (χ2n) is 4.12. The molecule has 2 aromatic rings. The molecule has 0 saturated carbocycles. The molecule has 0 saturated heterocycles. The maximum Gasteiger partial charge on any atom is 0.419 e. The number of rotatable bonds is 3. The van der Waals surface area contributed by atoms with Crippen LogP contribution < -0.4 is 10.5 Å². The van der Waals surface area contributed by atoms with E-state index in [0.717, 1.165) is 12.1 Å². The Labute approximate surface area is 117 Å². The first-order valence-corrected chi connectivity index (χ1v) is 5.76. The van der Waals surface area contributed by atoms with Crippen molar-refractivity contribution in [2.45, 2.75) is 6.18 Å². The Hall–Kier alpha value is -2.70. The summed E-state index contributed by atoms with van der Waals surface area (Å²) in [5, 5.41) is 8.92. The number of alkyl halides is 3. The van der Waals surface area contributed by atoms with Crippen molar-refractivity contribution in [3.63, 3.8) is 0 Å². The van der Waals surface area contributed by atoms with E-state index in [0.29, 0.717) is 0 Å². The van der Waals surface area contributed by atoms with Crippen molar-refractivity contribution >= 4 is 11.7 Å². The number of nitrogens with two attached hydrogens (primary N) is 1. The van der Waals surface area contributed by atoms with Gasteiger partial charge >= 0.3 is 12.1 Å². The summed E-state index contributed by atoms with van der Waals surface area (Å²) in [7, 11) is 0. The van der Waals surface area contributed by atoms with Crippen LogP contribution in [0.4, 0.5) is 18.9 Å². The van der Waals surface area contributed by atoms with Crippen molar-refractivity contribution in [3.05, 3.63) is 53.6 Å². The molecule has 0 heterocycles. The zero-order valence-corrected chi connectivity index (χ0v) is 10.5. The first-order chi connectivity index (χ1) is 9.80. The zero-order chi connectivity index (χ0) is 15.6. The Morgan fingerprint density at radius 1 is 1.05 bits per heavy atom. The van der Waals surface area contributed by atoms with Crippen LogP contribution in [0.5, 0.6) is 11.5 Å². The summed E-state index contributed by atoms with van der Waals surface area (Å²) in [6, 6.07) is 8.48. The normalized spacial score (nSPS) is 11.2. The number of aromatic carboxylic acids is 1. The number of para-hydroxylation sites is 2. The Balaban J connectivity index is 2.45. The van der Waals surface area contributed by atoms with Gasteiger partial charge in [-0.3, -0.25) is 0 Å². The highest BCUT2D eigenvalue weighted by Crippen LogP contribution is 2.39. The number of anilines is 1. The molecule has 3 N–H and O–H groups in total. The number of halogens is 3. The van der Waals surface area contributed by atoms with Crippen molar-refractivity contribution < 1.29 is 27.8 Å². The van der Waals surface area contributed by atoms with E-state index >= 15 is 0 Å². The predicted molar refractivity (Wildman–Crippen MR) is 69.3 cm³/mol. The maximum atomic E-state index is 12.9. The molecule has 0 spiro atoms. The van der Waals surface area contributed by atoms with Gasteiger partial charge in [-0.2, -0.15) is 13.2 Å². The molecule has 21 heavy (non-hydrogen) atoms. The third-order valence-corrected chi connectivity index (χ3v) is 2.71. The Morgan fingerprint density at radius 2 is 1.67 bits per heavy atom. The number of ether oxygens (including phenoxy) is 1. The molecule has 0 fully saturated rings. The number of hydrogen-bond acceptors (Lipinski definition) is 3. The van der Waals surface area contributed by atoms with Gasteiger partial charge in [0.25, 0.3) is 0 Å². The van der Waals surface area contributed by atoms with E-state index in [9.17, 15) is 18.0 Å². The van der Waals surface area contributed by atoms with Crippen LogP contribution in [0.3, 0.4) is 0 Å². The van der Waals surface area contributed by atoms with E-state index in [4.69, 9.17) is 15.6 Å². The van der Waals surface area contributed by atoms with E-state index in [1.54, 1.807) is 0 Å². The number of carbonyl (C=O) groups is 1. The van der Waals surface area contributed by atoms with Crippen molar-refractivity contribution in [1.29, 1.82) is 0 Å². The topological polar surface area (TPSA) is 72.5 Å². The van der Waals surface area contributed by atoms with Gasteiger partial charge in [-0.25, -0.2) is 4.79 Å². The summed E-state index contributed by atoms with van der Waals surface area (Å²) in [5.41, 5.74) is 4.16. The van der Waals surface area contributed by atoms with Crippen molar-refractivity contribution in [2.24, 2.45) is 0 Å². The fraction of sp³-hybridized carbons (Fsp3) is 0.0714. The van der Waals surface area contributed by atoms with Crippen LogP contribution in [0.25, 0.3) is 0 Å². The number of carboxylic acids is 1. The second-order valence-corrected chi connectivity index (χ2v) is 4.12. The smallest absolute Gasteiger partial charge is 0.419 e.